The van der Waals surface area contributed by atoms with Crippen LogP contribution < -0.4 is 0 Å². The molecule has 2 aromatic carbocycles. The van der Waals surface area contributed by atoms with Gasteiger partial charge in [-0.1, -0.05) is 24.3 Å². The first-order valence-corrected chi connectivity index (χ1v) is 9.18. The average molecular weight is 348 g/mol. The minimum atomic E-state index is -0.621. The molecule has 0 aliphatic carbocycles. The van der Waals surface area contributed by atoms with Crippen LogP contribution in [-0.4, -0.2) is 39.3 Å². The number of hydrogen-bond acceptors (Lipinski definition) is 2. The molecule has 0 amide bonds. The molecule has 1 saturated heterocycles. The zero-order valence-corrected chi connectivity index (χ0v) is 14.5. The van der Waals surface area contributed by atoms with Crippen molar-refractivity contribution in [2.24, 2.45) is 0 Å². The van der Waals surface area contributed by atoms with Gasteiger partial charge in [0.15, 0.2) is 0 Å². The molecule has 2 aromatic heterocycles. The first-order chi connectivity index (χ1) is 12.8. The van der Waals surface area contributed by atoms with Gasteiger partial charge in [0.25, 0.3) is 0 Å². The lowest BCUT2D eigenvalue weighted by Gasteiger charge is -2.28. The van der Waals surface area contributed by atoms with Crippen molar-refractivity contribution in [3.8, 4) is 11.4 Å². The number of H-pyrrole nitrogens is 2. The number of halogens is 1. The van der Waals surface area contributed by atoms with Crippen molar-refractivity contribution < 1.29 is 4.39 Å². The molecular formula is C21H21FN4. The first kappa shape index (κ1) is 15.6. The van der Waals surface area contributed by atoms with Crippen molar-refractivity contribution in [2.75, 3.05) is 13.1 Å². The van der Waals surface area contributed by atoms with Crippen molar-refractivity contribution in [1.29, 1.82) is 0 Å². The number of nitrogens with one attached hydrogen (secondary N) is 2. The van der Waals surface area contributed by atoms with E-state index in [4.69, 9.17) is 0 Å². The van der Waals surface area contributed by atoms with Crippen LogP contribution in [0.3, 0.4) is 0 Å². The molecule has 2 N–H and O–H groups in total. The highest BCUT2D eigenvalue weighted by molar-refractivity contribution is 5.95. The maximum Gasteiger partial charge on any atom is 0.116 e. The molecule has 0 unspecified atom stereocenters. The van der Waals surface area contributed by atoms with Crippen molar-refractivity contribution >= 4 is 21.8 Å². The number of hydrogen-bond donors (Lipinski definition) is 2. The van der Waals surface area contributed by atoms with Crippen molar-refractivity contribution in [1.82, 2.24) is 20.1 Å². The summed E-state index contributed by atoms with van der Waals surface area (Å²) in [5, 5.41) is 9.88. The van der Waals surface area contributed by atoms with Gasteiger partial charge in [-0.2, -0.15) is 5.10 Å². The Morgan fingerprint density at radius 2 is 1.88 bits per heavy atom. The van der Waals surface area contributed by atoms with E-state index in [9.17, 15) is 4.39 Å². The first-order valence-electron chi connectivity index (χ1n) is 9.18. The summed E-state index contributed by atoms with van der Waals surface area (Å²) in [7, 11) is 0. The molecule has 132 valence electrons. The fraction of sp³-hybridized carbons (Fsp3) is 0.286. The largest absolute Gasteiger partial charge is 0.353 e. The number of para-hydroxylation sites is 1. The highest BCUT2D eigenvalue weighted by atomic mass is 19.1. The quantitative estimate of drug-likeness (QED) is 0.566. The van der Waals surface area contributed by atoms with Gasteiger partial charge >= 0.3 is 0 Å². The van der Waals surface area contributed by atoms with Gasteiger partial charge in [-0.05, 0) is 42.7 Å². The smallest absolute Gasteiger partial charge is 0.116 e. The molecule has 0 spiro atoms. The van der Waals surface area contributed by atoms with Crippen LogP contribution in [0.25, 0.3) is 33.2 Å². The Bertz CT molecular complexity index is 1060. The van der Waals surface area contributed by atoms with E-state index in [0.29, 0.717) is 12.8 Å². The molecule has 5 heteroatoms. The Morgan fingerprint density at radius 3 is 2.77 bits per heavy atom. The zero-order valence-electron chi connectivity index (χ0n) is 14.5. The Morgan fingerprint density at radius 1 is 1.04 bits per heavy atom. The Hall–Kier alpha value is -2.66. The summed E-state index contributed by atoms with van der Waals surface area (Å²) in [5.74, 6) is 0. The molecular weight excluding hydrogens is 327 g/mol. The summed E-state index contributed by atoms with van der Waals surface area (Å²) in [6.07, 6.45) is 0.690. The summed E-state index contributed by atoms with van der Waals surface area (Å²) in [6.45, 7) is 2.57. The van der Waals surface area contributed by atoms with E-state index >= 15 is 0 Å². The molecule has 3 heterocycles. The average Bonchev–Trinajstić information content (AvgIpc) is 3.27. The Balaban J connectivity index is 1.45. The van der Waals surface area contributed by atoms with Gasteiger partial charge < -0.3 is 4.98 Å². The minimum absolute atomic E-state index is 0.621. The number of aromatic amines is 2. The zero-order chi connectivity index (χ0) is 17.5. The number of benzene rings is 2. The molecule has 0 bridgehead atoms. The lowest BCUT2D eigenvalue weighted by molar-refractivity contribution is 0.145. The number of likely N-dealkylation sites (tertiary alicyclic amines) is 1. The predicted octanol–water partition coefficient (Wildman–Crippen LogP) is 4.65. The van der Waals surface area contributed by atoms with Crippen molar-refractivity contribution in [3.05, 3.63) is 54.1 Å². The highest BCUT2D eigenvalue weighted by Crippen LogP contribution is 2.29. The van der Waals surface area contributed by atoms with Gasteiger partial charge in [-0.3, -0.25) is 10.00 Å². The summed E-state index contributed by atoms with van der Waals surface area (Å²) in [4.78, 5) is 5.82. The fourth-order valence-electron chi connectivity index (χ4n) is 3.89. The van der Waals surface area contributed by atoms with Gasteiger partial charge in [0.05, 0.1) is 11.2 Å². The molecule has 5 rings (SSSR count). The normalized spacial score (nSPS) is 16.7. The maximum atomic E-state index is 13.3. The summed E-state index contributed by atoms with van der Waals surface area (Å²) in [5.41, 5.74) is 5.39. The number of alkyl halides is 1. The third-order valence-corrected chi connectivity index (χ3v) is 5.33. The highest BCUT2D eigenvalue weighted by Gasteiger charge is 2.18. The Kier molecular flexibility index (Phi) is 3.75. The van der Waals surface area contributed by atoms with Crippen LogP contribution in [0.5, 0.6) is 0 Å². The van der Waals surface area contributed by atoms with E-state index in [0.717, 1.165) is 47.4 Å². The standard InChI is InChI=1S/C21H21FN4/c22-16-7-9-26(10-8-16)13-14-5-6-18-15(11-14)12-20(23-18)21-17-3-1-2-4-19(17)24-25-21/h1-6,11-12,16,23H,7-10,13H2,(H,24,25). The second-order valence-corrected chi connectivity index (χ2v) is 7.17. The molecule has 1 aliphatic rings. The number of rotatable bonds is 3. The third-order valence-electron chi connectivity index (χ3n) is 5.33. The Labute approximate surface area is 151 Å². The number of aromatic nitrogens is 3. The van der Waals surface area contributed by atoms with E-state index in [1.807, 2.05) is 18.2 Å². The topological polar surface area (TPSA) is 47.7 Å². The van der Waals surface area contributed by atoms with Crippen LogP contribution in [0, 0.1) is 0 Å². The van der Waals surface area contributed by atoms with Gasteiger partial charge in [0.1, 0.15) is 11.9 Å². The number of piperidine rings is 1. The molecule has 4 nitrogen and oxygen atoms in total. The lowest BCUT2D eigenvalue weighted by atomic mass is 10.1. The molecule has 0 atom stereocenters. The predicted molar refractivity (Wildman–Crippen MR) is 103 cm³/mol. The molecule has 4 aromatic rings. The summed E-state index contributed by atoms with van der Waals surface area (Å²) in [6, 6.07) is 16.8. The molecule has 0 radical (unpaired) electrons. The van der Waals surface area contributed by atoms with E-state index in [-0.39, 0.29) is 0 Å². The van der Waals surface area contributed by atoms with E-state index in [2.05, 4.69) is 50.4 Å². The molecule has 0 saturated carbocycles. The van der Waals surface area contributed by atoms with E-state index < -0.39 is 6.17 Å². The summed E-state index contributed by atoms with van der Waals surface area (Å²) >= 11 is 0. The van der Waals surface area contributed by atoms with Gasteiger partial charge in [0, 0.05) is 35.9 Å². The monoisotopic (exact) mass is 348 g/mol. The van der Waals surface area contributed by atoms with Gasteiger partial charge in [-0.25, -0.2) is 4.39 Å². The van der Waals surface area contributed by atoms with Crippen molar-refractivity contribution in [2.45, 2.75) is 25.6 Å². The van der Waals surface area contributed by atoms with Gasteiger partial charge in [-0.15, -0.1) is 0 Å². The molecule has 1 aliphatic heterocycles. The van der Waals surface area contributed by atoms with Crippen molar-refractivity contribution in [3.63, 3.8) is 0 Å². The maximum absolute atomic E-state index is 13.3. The van der Waals surface area contributed by atoms with E-state index in [1.54, 1.807) is 0 Å². The second-order valence-electron chi connectivity index (χ2n) is 7.17. The molecule has 1 fully saturated rings. The van der Waals surface area contributed by atoms with Crippen LogP contribution >= 0.6 is 0 Å². The minimum Gasteiger partial charge on any atom is -0.353 e. The third kappa shape index (κ3) is 2.78. The fourth-order valence-corrected chi connectivity index (χ4v) is 3.89. The van der Waals surface area contributed by atoms with Crippen LogP contribution in [0.15, 0.2) is 48.5 Å². The van der Waals surface area contributed by atoms with Crippen LogP contribution in [0.1, 0.15) is 18.4 Å². The van der Waals surface area contributed by atoms with Crippen LogP contribution in [0.2, 0.25) is 0 Å². The van der Waals surface area contributed by atoms with Gasteiger partial charge in [0.2, 0.25) is 0 Å². The molecule has 26 heavy (non-hydrogen) atoms. The number of nitrogens with zero attached hydrogens (tertiary/aromatic N) is 2. The van der Waals surface area contributed by atoms with E-state index in [1.165, 1.54) is 10.9 Å². The second kappa shape index (κ2) is 6.25. The number of fused-ring (bicyclic) bond motifs is 2. The summed E-state index contributed by atoms with van der Waals surface area (Å²) < 4.78 is 13.3. The lowest BCUT2D eigenvalue weighted by Crippen LogP contribution is -2.33. The SMILES string of the molecule is FC1CCN(Cc2ccc3[nH]c(-c4n[nH]c5ccccc45)cc3c2)CC1. The van der Waals surface area contributed by atoms with Crippen LogP contribution in [0.4, 0.5) is 4.39 Å². The van der Waals surface area contributed by atoms with Crippen LogP contribution in [-0.2, 0) is 6.54 Å².